The number of amides is 1. The third kappa shape index (κ3) is 4.40. The maximum atomic E-state index is 12.0. The lowest BCUT2D eigenvalue weighted by Gasteiger charge is -2.24. The predicted molar refractivity (Wildman–Crippen MR) is 79.2 cm³/mol. The number of nitrogens with zero attached hydrogens (tertiary/aromatic N) is 1. The summed E-state index contributed by atoms with van der Waals surface area (Å²) in [5.41, 5.74) is -1.19. The zero-order valence-corrected chi connectivity index (χ0v) is 12.7. The maximum absolute atomic E-state index is 12.0. The second-order valence-electron chi connectivity index (χ2n) is 5.72. The molecular weight excluding hydrogens is 274 g/mol. The van der Waals surface area contributed by atoms with Crippen molar-refractivity contribution in [3.8, 4) is 0 Å². The van der Waals surface area contributed by atoms with Crippen LogP contribution in [0.2, 0.25) is 0 Å². The van der Waals surface area contributed by atoms with Gasteiger partial charge in [-0.2, -0.15) is 0 Å². The minimum atomic E-state index is -0.655. The van der Waals surface area contributed by atoms with Crippen molar-refractivity contribution in [2.45, 2.75) is 27.7 Å². The van der Waals surface area contributed by atoms with Gasteiger partial charge in [-0.3, -0.25) is 19.7 Å². The Morgan fingerprint density at radius 3 is 2.38 bits per heavy atom. The standard InChI is InChI=1S/C14H21N3O4/c1-8(2)12(9(3)4)7-16-14(19)11-5-10(17(20)21)6-15-13(11)18/h5-6,8-9,12H,7H2,1-4H3,(H,15,18)(H,16,19). The average Bonchev–Trinajstić information content (AvgIpc) is 2.37. The number of carbonyl (C=O) groups excluding carboxylic acids is 1. The number of hydrogen-bond acceptors (Lipinski definition) is 4. The van der Waals surface area contributed by atoms with Gasteiger partial charge in [-0.25, -0.2) is 0 Å². The van der Waals surface area contributed by atoms with Gasteiger partial charge >= 0.3 is 0 Å². The van der Waals surface area contributed by atoms with Crippen LogP contribution in [-0.2, 0) is 0 Å². The van der Waals surface area contributed by atoms with Gasteiger partial charge in [0.25, 0.3) is 17.2 Å². The van der Waals surface area contributed by atoms with E-state index in [9.17, 15) is 19.7 Å². The fourth-order valence-corrected chi connectivity index (χ4v) is 2.29. The van der Waals surface area contributed by atoms with Gasteiger partial charge in [0.2, 0.25) is 0 Å². The molecule has 1 heterocycles. The van der Waals surface area contributed by atoms with E-state index in [0.717, 1.165) is 12.3 Å². The summed E-state index contributed by atoms with van der Waals surface area (Å²) in [6.07, 6.45) is 0.976. The van der Waals surface area contributed by atoms with E-state index in [-0.39, 0.29) is 17.2 Å². The predicted octanol–water partition coefficient (Wildman–Crippen LogP) is 1.94. The molecule has 0 fully saturated rings. The molecule has 1 amide bonds. The van der Waals surface area contributed by atoms with E-state index in [1.54, 1.807) is 0 Å². The van der Waals surface area contributed by atoms with Crippen LogP contribution in [-0.4, -0.2) is 22.4 Å². The Kier molecular flexibility index (Phi) is 5.63. The lowest BCUT2D eigenvalue weighted by atomic mass is 9.85. The fraction of sp³-hybridized carbons (Fsp3) is 0.571. The highest BCUT2D eigenvalue weighted by Crippen LogP contribution is 2.19. The first-order valence-electron chi connectivity index (χ1n) is 6.89. The van der Waals surface area contributed by atoms with Crippen LogP contribution in [0.15, 0.2) is 17.1 Å². The molecule has 1 aromatic heterocycles. The topological polar surface area (TPSA) is 105 Å². The summed E-state index contributed by atoms with van der Waals surface area (Å²) in [7, 11) is 0. The van der Waals surface area contributed by atoms with Crippen molar-refractivity contribution in [3.63, 3.8) is 0 Å². The minimum Gasteiger partial charge on any atom is -0.352 e. The highest BCUT2D eigenvalue weighted by atomic mass is 16.6. The SMILES string of the molecule is CC(C)C(CNC(=O)c1cc([N+](=O)[O-])c[nH]c1=O)C(C)C. The van der Waals surface area contributed by atoms with Crippen LogP contribution in [0.4, 0.5) is 5.69 Å². The molecule has 7 heteroatoms. The molecule has 0 aliphatic heterocycles. The van der Waals surface area contributed by atoms with Gasteiger partial charge in [0.05, 0.1) is 11.1 Å². The molecule has 0 aliphatic carbocycles. The lowest BCUT2D eigenvalue weighted by Crippen LogP contribution is -2.36. The number of nitro groups is 1. The summed E-state index contributed by atoms with van der Waals surface area (Å²) >= 11 is 0. The van der Waals surface area contributed by atoms with Crippen molar-refractivity contribution in [1.82, 2.24) is 10.3 Å². The molecule has 0 bridgehead atoms. The van der Waals surface area contributed by atoms with Crippen LogP contribution in [0.3, 0.4) is 0 Å². The van der Waals surface area contributed by atoms with Gasteiger partial charge in [-0.15, -0.1) is 0 Å². The van der Waals surface area contributed by atoms with Crippen LogP contribution in [0, 0.1) is 27.9 Å². The molecule has 7 nitrogen and oxygen atoms in total. The van der Waals surface area contributed by atoms with Crippen molar-refractivity contribution >= 4 is 11.6 Å². The number of hydrogen-bond donors (Lipinski definition) is 2. The summed E-state index contributed by atoms with van der Waals surface area (Å²) < 4.78 is 0. The Morgan fingerprint density at radius 1 is 1.33 bits per heavy atom. The van der Waals surface area contributed by atoms with Crippen molar-refractivity contribution in [2.24, 2.45) is 17.8 Å². The van der Waals surface area contributed by atoms with Crippen LogP contribution >= 0.6 is 0 Å². The summed E-state index contributed by atoms with van der Waals surface area (Å²) in [5, 5.41) is 13.4. The highest BCUT2D eigenvalue weighted by Gasteiger charge is 2.20. The Hall–Kier alpha value is -2.18. The van der Waals surface area contributed by atoms with Crippen molar-refractivity contribution in [2.75, 3.05) is 6.54 Å². The number of carbonyl (C=O) groups is 1. The van der Waals surface area contributed by atoms with Crippen LogP contribution in [0.25, 0.3) is 0 Å². The van der Waals surface area contributed by atoms with Gasteiger partial charge in [-0.1, -0.05) is 27.7 Å². The molecule has 2 N–H and O–H groups in total. The van der Waals surface area contributed by atoms with E-state index in [1.807, 2.05) is 0 Å². The molecular formula is C14H21N3O4. The third-order valence-corrected chi connectivity index (χ3v) is 3.55. The summed E-state index contributed by atoms with van der Waals surface area (Å²) in [6, 6.07) is 0.994. The fourth-order valence-electron chi connectivity index (χ4n) is 2.29. The molecule has 0 radical (unpaired) electrons. The Labute approximate surface area is 122 Å². The summed E-state index contributed by atoms with van der Waals surface area (Å²) in [5.74, 6) is 0.445. The van der Waals surface area contributed by atoms with Gasteiger partial charge in [0.15, 0.2) is 0 Å². The number of aromatic nitrogens is 1. The Morgan fingerprint density at radius 2 is 1.90 bits per heavy atom. The number of rotatable bonds is 6. The minimum absolute atomic E-state index is 0.240. The van der Waals surface area contributed by atoms with Gasteiger partial charge in [0, 0.05) is 12.6 Å². The van der Waals surface area contributed by atoms with Crippen molar-refractivity contribution < 1.29 is 9.72 Å². The van der Waals surface area contributed by atoms with E-state index in [1.165, 1.54) is 0 Å². The number of nitrogens with one attached hydrogen (secondary N) is 2. The first-order valence-corrected chi connectivity index (χ1v) is 6.89. The maximum Gasteiger partial charge on any atom is 0.286 e. The molecule has 0 aliphatic rings. The quantitative estimate of drug-likeness (QED) is 0.618. The number of aromatic amines is 1. The molecule has 1 aromatic rings. The highest BCUT2D eigenvalue weighted by molar-refractivity contribution is 5.94. The third-order valence-electron chi connectivity index (χ3n) is 3.55. The zero-order valence-electron chi connectivity index (χ0n) is 12.7. The van der Waals surface area contributed by atoms with Crippen LogP contribution in [0.1, 0.15) is 38.1 Å². The van der Waals surface area contributed by atoms with Gasteiger partial charge in [0.1, 0.15) is 5.56 Å². The molecule has 0 saturated carbocycles. The first kappa shape index (κ1) is 16.9. The Bertz CT molecular complexity index is 570. The van der Waals surface area contributed by atoms with Gasteiger partial charge < -0.3 is 10.3 Å². The molecule has 0 saturated heterocycles. The number of pyridine rings is 1. The average molecular weight is 295 g/mol. The zero-order chi connectivity index (χ0) is 16.2. The second kappa shape index (κ2) is 7.01. The molecule has 0 spiro atoms. The van der Waals surface area contributed by atoms with E-state index in [2.05, 4.69) is 38.0 Å². The molecule has 116 valence electrons. The summed E-state index contributed by atoms with van der Waals surface area (Å²) in [4.78, 5) is 35.9. The van der Waals surface area contributed by atoms with Gasteiger partial charge in [-0.05, 0) is 17.8 Å². The Balaban J connectivity index is 2.87. The van der Waals surface area contributed by atoms with Crippen LogP contribution in [0.5, 0.6) is 0 Å². The molecule has 0 atom stereocenters. The van der Waals surface area contributed by atoms with Crippen molar-refractivity contribution in [1.29, 1.82) is 0 Å². The molecule has 0 unspecified atom stereocenters. The largest absolute Gasteiger partial charge is 0.352 e. The first-order chi connectivity index (χ1) is 9.73. The molecule has 1 rings (SSSR count). The number of H-pyrrole nitrogens is 1. The smallest absolute Gasteiger partial charge is 0.286 e. The van der Waals surface area contributed by atoms with E-state index < -0.39 is 16.4 Å². The van der Waals surface area contributed by atoms with E-state index >= 15 is 0 Å². The van der Waals surface area contributed by atoms with Crippen LogP contribution < -0.4 is 10.9 Å². The monoisotopic (exact) mass is 295 g/mol. The normalized spacial score (nSPS) is 11.2. The van der Waals surface area contributed by atoms with Crippen molar-refractivity contribution in [3.05, 3.63) is 38.3 Å². The molecule has 0 aromatic carbocycles. The van der Waals surface area contributed by atoms with E-state index in [0.29, 0.717) is 18.4 Å². The second-order valence-corrected chi connectivity index (χ2v) is 5.72. The van der Waals surface area contributed by atoms with E-state index in [4.69, 9.17) is 0 Å². The molecule has 21 heavy (non-hydrogen) atoms. The summed E-state index contributed by atoms with van der Waals surface area (Å²) in [6.45, 7) is 8.69. The lowest BCUT2D eigenvalue weighted by molar-refractivity contribution is -0.385.